The van der Waals surface area contributed by atoms with E-state index in [0.29, 0.717) is 38.1 Å². The maximum Gasteiger partial charge on any atom is 0.254 e. The number of nitrogens with one attached hydrogen (secondary N) is 1. The van der Waals surface area contributed by atoms with Gasteiger partial charge in [0, 0.05) is 51.7 Å². The Bertz CT molecular complexity index is 821. The van der Waals surface area contributed by atoms with Crippen LogP contribution in [0.4, 0.5) is 0 Å². The zero-order valence-corrected chi connectivity index (χ0v) is 16.5. The normalized spacial score (nSPS) is 25.7. The lowest BCUT2D eigenvalue weighted by Crippen LogP contribution is -2.50. The van der Waals surface area contributed by atoms with Gasteiger partial charge in [0.1, 0.15) is 9.84 Å². The summed E-state index contributed by atoms with van der Waals surface area (Å²) < 4.78 is 30.1. The van der Waals surface area contributed by atoms with Gasteiger partial charge in [-0.25, -0.2) is 8.42 Å². The summed E-state index contributed by atoms with van der Waals surface area (Å²) in [5.41, 5.74) is 0.0494. The Morgan fingerprint density at radius 3 is 2.89 bits per heavy atom. The summed E-state index contributed by atoms with van der Waals surface area (Å²) in [5, 5.41) is 7.04. The van der Waals surface area contributed by atoms with Gasteiger partial charge in [-0.15, -0.1) is 0 Å². The number of hydrogen-bond acceptors (Lipinski definition) is 6. The number of likely N-dealkylation sites (tertiary alicyclic amines) is 1. The third kappa shape index (κ3) is 5.07. The van der Waals surface area contributed by atoms with Gasteiger partial charge in [-0.1, -0.05) is 0 Å². The molecule has 27 heavy (non-hydrogen) atoms. The summed E-state index contributed by atoms with van der Waals surface area (Å²) in [7, 11) is -1.40. The Hall–Kier alpha value is -1.94. The predicted molar refractivity (Wildman–Crippen MR) is 97.9 cm³/mol. The summed E-state index contributed by atoms with van der Waals surface area (Å²) in [6, 6.07) is -0.0301. The van der Waals surface area contributed by atoms with Crippen LogP contribution in [0, 0.1) is 0 Å². The molecule has 9 nitrogen and oxygen atoms in total. The number of aryl methyl sites for hydroxylation is 1. The summed E-state index contributed by atoms with van der Waals surface area (Å²) in [6.07, 6.45) is 6.37. The maximum absolute atomic E-state index is 12.4. The molecule has 0 aromatic carbocycles. The number of rotatable bonds is 5. The molecule has 2 aliphatic heterocycles. The van der Waals surface area contributed by atoms with Gasteiger partial charge < -0.3 is 15.0 Å². The van der Waals surface area contributed by atoms with Crippen molar-refractivity contribution in [2.24, 2.45) is 7.05 Å². The van der Waals surface area contributed by atoms with Crippen molar-refractivity contribution in [1.82, 2.24) is 20.0 Å². The number of amides is 2. The quantitative estimate of drug-likeness (QED) is 0.731. The topological polar surface area (TPSA) is 111 Å². The Kier molecular flexibility index (Phi) is 5.57. The van der Waals surface area contributed by atoms with Crippen LogP contribution in [0.2, 0.25) is 0 Å². The molecular weight excluding hydrogens is 372 g/mol. The summed E-state index contributed by atoms with van der Waals surface area (Å²) in [6.45, 7) is 1.50. The van der Waals surface area contributed by atoms with E-state index < -0.39 is 15.4 Å². The lowest BCUT2D eigenvalue weighted by atomic mass is 9.89. The summed E-state index contributed by atoms with van der Waals surface area (Å²) in [5.74, 6) is -0.466. The predicted octanol–water partition coefficient (Wildman–Crippen LogP) is -0.265. The maximum atomic E-state index is 12.4. The minimum Gasteiger partial charge on any atom is -0.373 e. The van der Waals surface area contributed by atoms with E-state index >= 15 is 0 Å². The molecule has 2 aliphatic rings. The van der Waals surface area contributed by atoms with Crippen LogP contribution in [0.15, 0.2) is 12.4 Å². The monoisotopic (exact) mass is 398 g/mol. The molecule has 2 atom stereocenters. The fourth-order valence-corrected chi connectivity index (χ4v) is 4.28. The molecule has 150 valence electrons. The molecule has 1 N–H and O–H groups in total. The van der Waals surface area contributed by atoms with Crippen LogP contribution < -0.4 is 5.32 Å². The van der Waals surface area contributed by atoms with Crippen LogP contribution in [-0.2, 0) is 26.4 Å². The first kappa shape index (κ1) is 19.8. The SMILES string of the molecule is Cn1cc(C(=O)N[C@@H]2CCO[C@]3(CCN(C(=O)CCS(C)(=O)=O)C3)C2)cn1. The average Bonchev–Trinajstić information content (AvgIpc) is 3.19. The first-order valence-electron chi connectivity index (χ1n) is 9.05. The summed E-state index contributed by atoms with van der Waals surface area (Å²) >= 11 is 0. The van der Waals surface area contributed by atoms with Crippen LogP contribution in [0.1, 0.15) is 36.0 Å². The number of hydrogen-bond donors (Lipinski definition) is 1. The Morgan fingerprint density at radius 2 is 2.22 bits per heavy atom. The highest BCUT2D eigenvalue weighted by atomic mass is 32.2. The first-order valence-corrected chi connectivity index (χ1v) is 11.1. The smallest absolute Gasteiger partial charge is 0.254 e. The lowest BCUT2D eigenvalue weighted by Gasteiger charge is -2.38. The fourth-order valence-electron chi connectivity index (χ4n) is 3.73. The van der Waals surface area contributed by atoms with Gasteiger partial charge in [-0.3, -0.25) is 14.3 Å². The van der Waals surface area contributed by atoms with Gasteiger partial charge in [0.25, 0.3) is 5.91 Å². The van der Waals surface area contributed by atoms with E-state index in [1.54, 1.807) is 22.8 Å². The number of nitrogens with zero attached hydrogens (tertiary/aromatic N) is 3. The van der Waals surface area contributed by atoms with Gasteiger partial charge in [0.05, 0.1) is 23.1 Å². The van der Waals surface area contributed by atoms with Crippen molar-refractivity contribution in [2.45, 2.75) is 37.3 Å². The molecular formula is C17H26N4O5S. The van der Waals surface area contributed by atoms with Crippen molar-refractivity contribution in [2.75, 3.05) is 31.7 Å². The first-order chi connectivity index (χ1) is 12.7. The molecule has 3 rings (SSSR count). The highest BCUT2D eigenvalue weighted by Crippen LogP contribution is 2.34. The van der Waals surface area contributed by atoms with E-state index in [1.165, 1.54) is 6.20 Å². The number of ether oxygens (including phenoxy) is 1. The van der Waals surface area contributed by atoms with Crippen LogP contribution in [-0.4, -0.2) is 78.3 Å². The van der Waals surface area contributed by atoms with Gasteiger partial charge in [0.15, 0.2) is 0 Å². The van der Waals surface area contributed by atoms with Crippen molar-refractivity contribution in [3.8, 4) is 0 Å². The standard InChI is InChI=1S/C17H26N4O5S/c1-20-11-13(10-18-20)16(23)19-14-3-7-26-17(9-14)5-6-21(12-17)15(22)4-8-27(2,24)25/h10-11,14H,3-9,12H2,1-2H3,(H,19,23)/t14-,17-/m1/s1. The minimum atomic E-state index is -3.16. The van der Waals surface area contributed by atoms with E-state index in [1.807, 2.05) is 0 Å². The van der Waals surface area contributed by atoms with Crippen LogP contribution in [0.5, 0.6) is 0 Å². The summed E-state index contributed by atoms with van der Waals surface area (Å²) in [4.78, 5) is 26.3. The highest BCUT2D eigenvalue weighted by molar-refractivity contribution is 7.90. The van der Waals surface area contributed by atoms with E-state index in [4.69, 9.17) is 4.74 Å². The second-order valence-electron chi connectivity index (χ2n) is 7.54. The molecule has 2 fully saturated rings. The fraction of sp³-hybridized carbons (Fsp3) is 0.706. The molecule has 2 amide bonds. The zero-order valence-electron chi connectivity index (χ0n) is 15.7. The molecule has 0 bridgehead atoms. The average molecular weight is 398 g/mol. The molecule has 0 aliphatic carbocycles. The molecule has 1 spiro atoms. The second-order valence-corrected chi connectivity index (χ2v) is 9.80. The molecule has 1 aromatic rings. The Balaban J connectivity index is 1.56. The van der Waals surface area contributed by atoms with Crippen LogP contribution >= 0.6 is 0 Å². The van der Waals surface area contributed by atoms with Crippen molar-refractivity contribution in [3.05, 3.63) is 18.0 Å². The molecule has 3 heterocycles. The molecule has 0 unspecified atom stereocenters. The minimum absolute atomic E-state index is 0.00388. The number of sulfone groups is 1. The third-order valence-corrected chi connectivity index (χ3v) is 6.10. The van der Waals surface area contributed by atoms with Crippen molar-refractivity contribution >= 4 is 21.7 Å². The Labute approximate surface area is 159 Å². The van der Waals surface area contributed by atoms with Crippen molar-refractivity contribution < 1.29 is 22.7 Å². The van der Waals surface area contributed by atoms with Gasteiger partial charge in [0.2, 0.25) is 5.91 Å². The van der Waals surface area contributed by atoms with Gasteiger partial charge in [-0.05, 0) is 19.3 Å². The number of carbonyl (C=O) groups is 2. The number of carbonyl (C=O) groups excluding carboxylic acids is 2. The van der Waals surface area contributed by atoms with Crippen molar-refractivity contribution in [3.63, 3.8) is 0 Å². The van der Waals surface area contributed by atoms with E-state index in [0.717, 1.165) is 12.7 Å². The molecule has 2 saturated heterocycles. The molecule has 0 saturated carbocycles. The van der Waals surface area contributed by atoms with Crippen LogP contribution in [0.3, 0.4) is 0 Å². The third-order valence-electron chi connectivity index (χ3n) is 5.15. The van der Waals surface area contributed by atoms with Crippen LogP contribution in [0.25, 0.3) is 0 Å². The highest BCUT2D eigenvalue weighted by Gasteiger charge is 2.44. The van der Waals surface area contributed by atoms with E-state index in [9.17, 15) is 18.0 Å². The van der Waals surface area contributed by atoms with E-state index in [-0.39, 0.29) is 30.0 Å². The largest absolute Gasteiger partial charge is 0.373 e. The Morgan fingerprint density at radius 1 is 1.44 bits per heavy atom. The number of aromatic nitrogens is 2. The molecule has 10 heteroatoms. The van der Waals surface area contributed by atoms with Gasteiger partial charge >= 0.3 is 0 Å². The van der Waals surface area contributed by atoms with E-state index in [2.05, 4.69) is 10.4 Å². The zero-order chi connectivity index (χ0) is 19.7. The van der Waals surface area contributed by atoms with Gasteiger partial charge in [-0.2, -0.15) is 5.10 Å². The molecule has 0 radical (unpaired) electrons. The lowest BCUT2D eigenvalue weighted by molar-refractivity contribution is -0.132. The van der Waals surface area contributed by atoms with Crippen molar-refractivity contribution in [1.29, 1.82) is 0 Å². The molecule has 1 aromatic heterocycles. The second kappa shape index (κ2) is 7.59.